The van der Waals surface area contributed by atoms with Crippen molar-refractivity contribution < 1.29 is 4.79 Å². The molecule has 0 aliphatic heterocycles. The van der Waals surface area contributed by atoms with Gasteiger partial charge in [-0.15, -0.1) is 0 Å². The van der Waals surface area contributed by atoms with Crippen LogP contribution in [0.25, 0.3) is 0 Å². The lowest BCUT2D eigenvalue weighted by molar-refractivity contribution is -0.111. The number of carbonyl (C=O) groups is 1. The third-order valence-electron chi connectivity index (χ3n) is 0.876. The molecule has 1 rings (SSSR count). The summed E-state index contributed by atoms with van der Waals surface area (Å²) in [5.41, 5.74) is 4.79. The molecule has 1 aromatic heterocycles. The molecule has 0 saturated carbocycles. The summed E-state index contributed by atoms with van der Waals surface area (Å²) in [5.74, 6) is -0.781. The largest absolute Gasteiger partial charge is 0.365 e. The van der Waals surface area contributed by atoms with Gasteiger partial charge in [-0.3, -0.25) is 4.79 Å². The smallest absolute Gasteiger partial charge is 0.259 e. The van der Waals surface area contributed by atoms with Crippen LogP contribution >= 0.6 is 23.2 Å². The number of hydrogen-bond acceptors (Lipinski definition) is 5. The van der Waals surface area contributed by atoms with Crippen LogP contribution in [-0.4, -0.2) is 27.1 Å². The maximum atomic E-state index is 10.3. The van der Waals surface area contributed by atoms with Crippen LogP contribution < -0.4 is 5.73 Å². The maximum Gasteiger partial charge on any atom is 0.259 e. The molecule has 6 nitrogen and oxygen atoms in total. The summed E-state index contributed by atoms with van der Waals surface area (Å²) in [6.07, 6.45) is 0.849. The van der Waals surface area contributed by atoms with Crippen molar-refractivity contribution in [1.82, 2.24) is 15.0 Å². The first kappa shape index (κ1) is 9.82. The lowest BCUT2D eigenvalue weighted by Crippen LogP contribution is -2.11. The van der Waals surface area contributed by atoms with Gasteiger partial charge in [0.15, 0.2) is 0 Å². The van der Waals surface area contributed by atoms with Gasteiger partial charge in [0.1, 0.15) is 0 Å². The van der Waals surface area contributed by atoms with Gasteiger partial charge in [-0.1, -0.05) is 0 Å². The lowest BCUT2D eigenvalue weighted by atomic mass is 10.7. The number of hydrogen-bond donors (Lipinski definition) is 1. The zero-order valence-corrected chi connectivity index (χ0v) is 7.62. The number of aromatic nitrogens is 3. The molecule has 2 N–H and O–H groups in total. The fourth-order valence-electron chi connectivity index (χ4n) is 0.495. The minimum absolute atomic E-state index is 0.0659. The number of rotatable bonds is 2. The molecule has 13 heavy (non-hydrogen) atoms. The second kappa shape index (κ2) is 4.11. The van der Waals surface area contributed by atoms with Crippen molar-refractivity contribution in [3.05, 3.63) is 10.6 Å². The van der Waals surface area contributed by atoms with E-state index < -0.39 is 5.91 Å². The Bertz CT molecular complexity index is 346. The standard InChI is InChI=1S/C5H3Cl2N5O/c6-3-10-4(7)12-5(11-3)9-1-2(8)13/h1H,(H2,8,13). The zero-order chi connectivity index (χ0) is 9.84. The molecule has 1 amide bonds. The summed E-state index contributed by atoms with van der Waals surface area (Å²) in [5, 5.41) is -0.201. The SMILES string of the molecule is NC(=O)C=Nc1nc(Cl)nc(Cl)n1. The summed E-state index contributed by atoms with van der Waals surface area (Å²) in [6.45, 7) is 0. The average Bonchev–Trinajstić information content (AvgIpc) is 1.99. The lowest BCUT2D eigenvalue weighted by Gasteiger charge is -1.92. The quantitative estimate of drug-likeness (QED) is 0.728. The molecule has 0 bridgehead atoms. The summed E-state index contributed by atoms with van der Waals surface area (Å²) >= 11 is 10.9. The van der Waals surface area contributed by atoms with E-state index in [9.17, 15) is 4.79 Å². The Labute approximate surface area is 82.8 Å². The number of nitrogens with zero attached hydrogens (tertiary/aromatic N) is 4. The van der Waals surface area contributed by atoms with Crippen molar-refractivity contribution in [3.63, 3.8) is 0 Å². The second-order valence-corrected chi connectivity index (χ2v) is 2.51. The summed E-state index contributed by atoms with van der Waals surface area (Å²) in [7, 11) is 0. The molecule has 0 saturated heterocycles. The van der Waals surface area contributed by atoms with E-state index in [1.165, 1.54) is 0 Å². The first-order chi connectivity index (χ1) is 6.08. The molecule has 0 aliphatic carbocycles. The number of amides is 1. The van der Waals surface area contributed by atoms with Crippen LogP contribution in [0.4, 0.5) is 5.95 Å². The summed E-state index contributed by atoms with van der Waals surface area (Å²) in [4.78, 5) is 24.4. The van der Waals surface area contributed by atoms with E-state index >= 15 is 0 Å². The molecular weight excluding hydrogens is 217 g/mol. The number of aliphatic imine (C=N–C) groups is 1. The normalized spacial score (nSPS) is 10.6. The molecule has 0 aromatic carbocycles. The van der Waals surface area contributed by atoms with Crippen LogP contribution in [0.15, 0.2) is 4.99 Å². The van der Waals surface area contributed by atoms with Crippen LogP contribution in [0.2, 0.25) is 10.6 Å². The predicted molar refractivity (Wildman–Crippen MR) is 47.2 cm³/mol. The van der Waals surface area contributed by atoms with E-state index in [4.69, 9.17) is 28.9 Å². The van der Waals surface area contributed by atoms with Crippen molar-refractivity contribution >= 4 is 41.3 Å². The van der Waals surface area contributed by atoms with Crippen LogP contribution in [0.3, 0.4) is 0 Å². The van der Waals surface area contributed by atoms with Crippen molar-refractivity contribution in [2.24, 2.45) is 10.7 Å². The Balaban J connectivity index is 2.95. The van der Waals surface area contributed by atoms with E-state index in [1.807, 2.05) is 0 Å². The Kier molecular flexibility index (Phi) is 3.10. The fraction of sp³-hybridized carbons (Fsp3) is 0. The maximum absolute atomic E-state index is 10.3. The minimum Gasteiger partial charge on any atom is -0.365 e. The van der Waals surface area contributed by atoms with Crippen molar-refractivity contribution in [2.45, 2.75) is 0 Å². The molecular formula is C5H3Cl2N5O. The number of halogens is 2. The molecule has 0 unspecified atom stereocenters. The Morgan fingerprint density at radius 2 is 1.85 bits per heavy atom. The fourth-order valence-corrected chi connectivity index (χ4v) is 0.850. The van der Waals surface area contributed by atoms with Gasteiger partial charge in [-0.2, -0.15) is 15.0 Å². The van der Waals surface area contributed by atoms with Gasteiger partial charge in [0.05, 0.1) is 6.21 Å². The highest BCUT2D eigenvalue weighted by molar-refractivity contribution is 6.31. The van der Waals surface area contributed by atoms with Gasteiger partial charge in [0.25, 0.3) is 11.9 Å². The minimum atomic E-state index is -0.715. The van der Waals surface area contributed by atoms with Gasteiger partial charge < -0.3 is 5.73 Å². The van der Waals surface area contributed by atoms with E-state index in [1.54, 1.807) is 0 Å². The Morgan fingerprint density at radius 1 is 1.31 bits per heavy atom. The van der Waals surface area contributed by atoms with Crippen LogP contribution in [0.5, 0.6) is 0 Å². The van der Waals surface area contributed by atoms with Gasteiger partial charge >= 0.3 is 0 Å². The number of primary amides is 1. The Hall–Kier alpha value is -1.27. The van der Waals surface area contributed by atoms with E-state index in [0.29, 0.717) is 0 Å². The van der Waals surface area contributed by atoms with Gasteiger partial charge in [-0.25, -0.2) is 4.99 Å². The summed E-state index contributed by atoms with van der Waals surface area (Å²) in [6, 6.07) is 0. The molecule has 1 heterocycles. The molecule has 8 heteroatoms. The first-order valence-corrected chi connectivity index (χ1v) is 3.74. The highest BCUT2D eigenvalue weighted by atomic mass is 35.5. The molecule has 0 spiro atoms. The molecule has 68 valence electrons. The van der Waals surface area contributed by atoms with Gasteiger partial charge in [-0.05, 0) is 23.2 Å². The molecule has 0 aliphatic rings. The average molecular weight is 220 g/mol. The van der Waals surface area contributed by atoms with E-state index in [0.717, 1.165) is 6.21 Å². The van der Waals surface area contributed by atoms with Crippen LogP contribution in [0, 0.1) is 0 Å². The third kappa shape index (κ3) is 3.30. The van der Waals surface area contributed by atoms with Crippen molar-refractivity contribution in [2.75, 3.05) is 0 Å². The highest BCUT2D eigenvalue weighted by Crippen LogP contribution is 2.10. The molecule has 0 fully saturated rings. The van der Waals surface area contributed by atoms with Crippen LogP contribution in [-0.2, 0) is 4.79 Å². The van der Waals surface area contributed by atoms with Gasteiger partial charge in [0.2, 0.25) is 10.6 Å². The molecule has 0 radical (unpaired) electrons. The third-order valence-corrected chi connectivity index (χ3v) is 1.21. The summed E-state index contributed by atoms with van der Waals surface area (Å²) < 4.78 is 0. The van der Waals surface area contributed by atoms with E-state index in [-0.39, 0.29) is 16.5 Å². The monoisotopic (exact) mass is 219 g/mol. The van der Waals surface area contributed by atoms with Crippen molar-refractivity contribution in [1.29, 1.82) is 0 Å². The first-order valence-electron chi connectivity index (χ1n) is 2.98. The van der Waals surface area contributed by atoms with Crippen LogP contribution in [0.1, 0.15) is 0 Å². The van der Waals surface area contributed by atoms with Crippen molar-refractivity contribution in [3.8, 4) is 0 Å². The zero-order valence-electron chi connectivity index (χ0n) is 6.11. The number of nitrogens with two attached hydrogens (primary N) is 1. The second-order valence-electron chi connectivity index (χ2n) is 1.83. The number of carbonyl (C=O) groups excluding carboxylic acids is 1. The molecule has 1 aromatic rings. The predicted octanol–water partition coefficient (Wildman–Crippen LogP) is 0.366. The molecule has 0 atom stereocenters. The Morgan fingerprint density at radius 3 is 2.31 bits per heavy atom. The highest BCUT2D eigenvalue weighted by Gasteiger charge is 2.00. The van der Waals surface area contributed by atoms with E-state index in [2.05, 4.69) is 19.9 Å². The van der Waals surface area contributed by atoms with Gasteiger partial charge in [0, 0.05) is 0 Å². The topological polar surface area (TPSA) is 94.1 Å².